The molecule has 3 rings (SSSR count). The third-order valence-corrected chi connectivity index (χ3v) is 5.64. The number of piperidine rings is 1. The van der Waals surface area contributed by atoms with Crippen LogP contribution in [0, 0.1) is 16.0 Å². The Hall–Kier alpha value is -3.29. The zero-order chi connectivity index (χ0) is 22.4. The molecule has 1 N–H and O–H groups in total. The lowest BCUT2D eigenvalue weighted by Crippen LogP contribution is -2.33. The third-order valence-electron chi connectivity index (χ3n) is 5.64. The molecule has 2 aromatic rings. The zero-order valence-corrected chi connectivity index (χ0v) is 18.2. The first kappa shape index (κ1) is 22.4. The summed E-state index contributed by atoms with van der Waals surface area (Å²) in [5, 5.41) is 13.9. The van der Waals surface area contributed by atoms with Gasteiger partial charge >= 0.3 is 5.69 Å². The number of nitro benzene ring substituents is 1. The van der Waals surface area contributed by atoms with Crippen molar-refractivity contribution in [3.8, 4) is 11.5 Å². The molecule has 166 valence electrons. The summed E-state index contributed by atoms with van der Waals surface area (Å²) in [6.07, 6.45) is 2.43. The molecule has 8 nitrogen and oxygen atoms in total. The summed E-state index contributed by atoms with van der Waals surface area (Å²) in [5.74, 6) is 0.920. The molecule has 0 aromatic heterocycles. The van der Waals surface area contributed by atoms with E-state index in [4.69, 9.17) is 9.47 Å². The molecule has 1 heterocycles. The normalized spacial score (nSPS) is 15.3. The Morgan fingerprint density at radius 1 is 1.23 bits per heavy atom. The quantitative estimate of drug-likeness (QED) is 0.504. The van der Waals surface area contributed by atoms with Gasteiger partial charge in [0.2, 0.25) is 5.75 Å². The molecule has 2 aromatic carbocycles. The van der Waals surface area contributed by atoms with Crippen molar-refractivity contribution in [2.45, 2.75) is 32.7 Å². The Bertz CT molecular complexity index is 908. The number of nitrogens with zero attached hydrogens (tertiary/aromatic N) is 2. The van der Waals surface area contributed by atoms with Gasteiger partial charge in [0.15, 0.2) is 6.61 Å². The molecule has 1 atom stereocenters. The summed E-state index contributed by atoms with van der Waals surface area (Å²) in [5.41, 5.74) is 2.07. The first-order valence-electron chi connectivity index (χ1n) is 10.5. The van der Waals surface area contributed by atoms with Gasteiger partial charge in [-0.05, 0) is 49.4 Å². The fourth-order valence-corrected chi connectivity index (χ4v) is 3.65. The van der Waals surface area contributed by atoms with E-state index in [1.807, 2.05) is 19.1 Å². The van der Waals surface area contributed by atoms with Crippen LogP contribution >= 0.6 is 0 Å². The first-order valence-corrected chi connectivity index (χ1v) is 10.5. The Labute approximate surface area is 182 Å². The van der Waals surface area contributed by atoms with E-state index in [1.54, 1.807) is 0 Å². The fourth-order valence-electron chi connectivity index (χ4n) is 3.65. The third kappa shape index (κ3) is 5.87. The molecule has 1 aliphatic heterocycles. The molecule has 1 saturated heterocycles. The predicted octanol–water partition coefficient (Wildman–Crippen LogP) is 4.10. The van der Waals surface area contributed by atoms with Gasteiger partial charge in [-0.2, -0.15) is 0 Å². The van der Waals surface area contributed by atoms with Crippen LogP contribution in [0.3, 0.4) is 0 Å². The van der Waals surface area contributed by atoms with E-state index in [0.29, 0.717) is 5.75 Å². The molecule has 0 spiro atoms. The number of methoxy groups -OCH3 is 1. The summed E-state index contributed by atoms with van der Waals surface area (Å²) < 4.78 is 10.5. The number of nitro groups is 1. The number of carbonyl (C=O) groups is 1. The maximum absolute atomic E-state index is 12.3. The van der Waals surface area contributed by atoms with Crippen LogP contribution in [0.2, 0.25) is 0 Å². The zero-order valence-electron chi connectivity index (χ0n) is 18.2. The van der Waals surface area contributed by atoms with Crippen molar-refractivity contribution >= 4 is 17.3 Å². The van der Waals surface area contributed by atoms with Crippen LogP contribution in [0.25, 0.3) is 0 Å². The van der Waals surface area contributed by atoms with Gasteiger partial charge in [0, 0.05) is 30.9 Å². The first-order chi connectivity index (χ1) is 14.9. The maximum atomic E-state index is 12.3. The summed E-state index contributed by atoms with van der Waals surface area (Å²) in [4.78, 5) is 25.1. The standard InChI is InChI=1S/C23H29N3O5/c1-16-10-12-25(13-11-16)19-6-4-18(5-7-19)17(2)24-23(27)15-31-20-8-9-21(26(28)29)22(14-20)30-3/h4-9,14,16-17H,10-13,15H2,1-3H3,(H,24,27)/t17-/m1/s1. The highest BCUT2D eigenvalue weighted by Gasteiger charge is 2.18. The number of amides is 1. The Kier molecular flexibility index (Phi) is 7.33. The van der Waals surface area contributed by atoms with Crippen molar-refractivity contribution in [3.05, 3.63) is 58.1 Å². The minimum atomic E-state index is -0.534. The van der Waals surface area contributed by atoms with Crippen molar-refractivity contribution in [2.75, 3.05) is 31.7 Å². The van der Waals surface area contributed by atoms with Crippen molar-refractivity contribution in [1.82, 2.24) is 5.32 Å². The molecule has 31 heavy (non-hydrogen) atoms. The molecule has 0 unspecified atom stereocenters. The van der Waals surface area contributed by atoms with Gasteiger partial charge in [-0.1, -0.05) is 19.1 Å². The van der Waals surface area contributed by atoms with Crippen LogP contribution in [0.1, 0.15) is 38.3 Å². The van der Waals surface area contributed by atoms with Gasteiger partial charge in [0.25, 0.3) is 5.91 Å². The summed E-state index contributed by atoms with van der Waals surface area (Å²) >= 11 is 0. The van der Waals surface area contributed by atoms with Crippen LogP contribution in [0.15, 0.2) is 42.5 Å². The Morgan fingerprint density at radius 2 is 1.90 bits per heavy atom. The smallest absolute Gasteiger partial charge is 0.311 e. The van der Waals surface area contributed by atoms with Crippen LogP contribution in [0.4, 0.5) is 11.4 Å². The van der Waals surface area contributed by atoms with Gasteiger partial charge in [-0.3, -0.25) is 14.9 Å². The molecule has 0 saturated carbocycles. The lowest BCUT2D eigenvalue weighted by molar-refractivity contribution is -0.385. The molecule has 1 amide bonds. The minimum Gasteiger partial charge on any atom is -0.490 e. The molecule has 0 bridgehead atoms. The fraction of sp³-hybridized carbons (Fsp3) is 0.435. The SMILES string of the molecule is COc1cc(OCC(=O)N[C@H](C)c2ccc(N3CCC(C)CC3)cc2)ccc1[N+](=O)[O-]. The highest BCUT2D eigenvalue weighted by atomic mass is 16.6. The van der Waals surface area contributed by atoms with Gasteiger partial charge in [0.05, 0.1) is 18.1 Å². The Balaban J connectivity index is 1.52. The van der Waals surface area contributed by atoms with E-state index in [0.717, 1.165) is 24.6 Å². The maximum Gasteiger partial charge on any atom is 0.311 e. The highest BCUT2D eigenvalue weighted by Crippen LogP contribution is 2.30. The predicted molar refractivity (Wildman–Crippen MR) is 119 cm³/mol. The van der Waals surface area contributed by atoms with E-state index in [1.165, 1.54) is 43.8 Å². The minimum absolute atomic E-state index is 0.0829. The lowest BCUT2D eigenvalue weighted by atomic mass is 9.98. The number of hydrogen-bond donors (Lipinski definition) is 1. The average Bonchev–Trinajstić information content (AvgIpc) is 2.78. The van der Waals surface area contributed by atoms with Crippen molar-refractivity contribution in [2.24, 2.45) is 5.92 Å². The molecule has 8 heteroatoms. The number of nitrogens with one attached hydrogen (secondary N) is 1. The van der Waals surface area contributed by atoms with E-state index >= 15 is 0 Å². The van der Waals surface area contributed by atoms with Crippen LogP contribution < -0.4 is 19.7 Å². The number of anilines is 1. The van der Waals surface area contributed by atoms with Gasteiger partial charge in [-0.25, -0.2) is 0 Å². The number of carbonyl (C=O) groups excluding carboxylic acids is 1. The van der Waals surface area contributed by atoms with Crippen LogP contribution in [0.5, 0.6) is 11.5 Å². The number of rotatable bonds is 8. The second-order valence-electron chi connectivity index (χ2n) is 7.93. The van der Waals surface area contributed by atoms with Crippen molar-refractivity contribution < 1.29 is 19.2 Å². The largest absolute Gasteiger partial charge is 0.490 e. The van der Waals surface area contributed by atoms with Crippen molar-refractivity contribution in [1.29, 1.82) is 0 Å². The monoisotopic (exact) mass is 427 g/mol. The van der Waals surface area contributed by atoms with Crippen LogP contribution in [-0.2, 0) is 4.79 Å². The molecule has 0 radical (unpaired) electrons. The molecule has 1 fully saturated rings. The summed E-state index contributed by atoms with van der Waals surface area (Å²) in [6, 6.07) is 12.3. The second kappa shape index (κ2) is 10.1. The topological polar surface area (TPSA) is 93.9 Å². The molecular formula is C23H29N3O5. The summed E-state index contributed by atoms with van der Waals surface area (Å²) in [6.45, 7) is 6.18. The average molecular weight is 428 g/mol. The number of benzene rings is 2. The van der Waals surface area contributed by atoms with Crippen molar-refractivity contribution in [3.63, 3.8) is 0 Å². The second-order valence-corrected chi connectivity index (χ2v) is 7.93. The molecule has 0 aliphatic carbocycles. The highest BCUT2D eigenvalue weighted by molar-refractivity contribution is 5.78. The van der Waals surface area contributed by atoms with E-state index in [2.05, 4.69) is 29.3 Å². The van der Waals surface area contributed by atoms with Gasteiger partial charge in [-0.15, -0.1) is 0 Å². The van der Waals surface area contributed by atoms with Gasteiger partial charge < -0.3 is 19.7 Å². The number of hydrogen-bond acceptors (Lipinski definition) is 6. The van der Waals surface area contributed by atoms with Crippen LogP contribution in [-0.4, -0.2) is 37.6 Å². The van der Waals surface area contributed by atoms with Gasteiger partial charge in [0.1, 0.15) is 5.75 Å². The molecule has 1 aliphatic rings. The van der Waals surface area contributed by atoms with E-state index in [9.17, 15) is 14.9 Å². The Morgan fingerprint density at radius 3 is 2.52 bits per heavy atom. The lowest BCUT2D eigenvalue weighted by Gasteiger charge is -2.32. The van der Waals surface area contributed by atoms with E-state index in [-0.39, 0.29) is 30.0 Å². The summed E-state index contributed by atoms with van der Waals surface area (Å²) in [7, 11) is 1.34. The number of ether oxygens (including phenoxy) is 2. The van der Waals surface area contributed by atoms with E-state index < -0.39 is 4.92 Å². The molecular weight excluding hydrogens is 398 g/mol.